The number of carbonyl (C=O) groups is 1. The van der Waals surface area contributed by atoms with E-state index >= 15 is 0 Å². The molecule has 3 rings (SSSR count). The van der Waals surface area contributed by atoms with Crippen LogP contribution in [0.3, 0.4) is 0 Å². The number of nitrogen functional groups attached to an aromatic ring is 1. The molecule has 0 aromatic heterocycles. The van der Waals surface area contributed by atoms with Gasteiger partial charge in [-0.1, -0.05) is 0 Å². The van der Waals surface area contributed by atoms with Gasteiger partial charge in [-0.25, -0.2) is 8.78 Å². The molecule has 6 heteroatoms. The van der Waals surface area contributed by atoms with E-state index < -0.39 is 17.5 Å². The number of nitrogens with zero attached hydrogens (tertiary/aromatic N) is 1. The standard InChI is InChI=1S/C14H17F2N3O/c15-9-6-8(11(17)7-10(9)16)14(20)18-12-3-5-19-4-1-2-13(12)19/h6-7,12-13H,1-5,17H2,(H,18,20). The minimum Gasteiger partial charge on any atom is -0.398 e. The molecular formula is C14H17F2N3O. The minimum absolute atomic E-state index is 0.000321. The average Bonchev–Trinajstić information content (AvgIpc) is 2.98. The highest BCUT2D eigenvalue weighted by atomic mass is 19.2. The Balaban J connectivity index is 1.75. The fourth-order valence-corrected chi connectivity index (χ4v) is 3.26. The van der Waals surface area contributed by atoms with Crippen LogP contribution >= 0.6 is 0 Å². The van der Waals surface area contributed by atoms with Gasteiger partial charge in [0.25, 0.3) is 5.91 Å². The Morgan fingerprint density at radius 2 is 2.00 bits per heavy atom. The van der Waals surface area contributed by atoms with E-state index in [-0.39, 0.29) is 17.3 Å². The molecule has 20 heavy (non-hydrogen) atoms. The first-order valence-electron chi connectivity index (χ1n) is 6.85. The summed E-state index contributed by atoms with van der Waals surface area (Å²) >= 11 is 0. The van der Waals surface area contributed by atoms with E-state index in [9.17, 15) is 13.6 Å². The number of anilines is 1. The molecule has 0 saturated carbocycles. The summed E-state index contributed by atoms with van der Waals surface area (Å²) in [5.41, 5.74) is 5.56. The van der Waals surface area contributed by atoms with Gasteiger partial charge in [-0.2, -0.15) is 0 Å². The highest BCUT2D eigenvalue weighted by Crippen LogP contribution is 2.28. The molecule has 2 heterocycles. The van der Waals surface area contributed by atoms with Crippen molar-refractivity contribution in [3.05, 3.63) is 29.3 Å². The summed E-state index contributed by atoms with van der Waals surface area (Å²) in [6, 6.07) is 2.14. The molecule has 2 atom stereocenters. The molecule has 0 bridgehead atoms. The summed E-state index contributed by atoms with van der Waals surface area (Å²) < 4.78 is 26.2. The van der Waals surface area contributed by atoms with E-state index in [0.717, 1.165) is 44.5 Å². The predicted molar refractivity (Wildman–Crippen MR) is 71.2 cm³/mol. The summed E-state index contributed by atoms with van der Waals surface area (Å²) in [5, 5.41) is 2.90. The maximum atomic E-state index is 13.2. The number of nitrogens with two attached hydrogens (primary N) is 1. The van der Waals surface area contributed by atoms with Crippen LogP contribution in [-0.4, -0.2) is 36.0 Å². The quantitative estimate of drug-likeness (QED) is 0.808. The average molecular weight is 281 g/mol. The molecule has 2 saturated heterocycles. The van der Waals surface area contributed by atoms with Gasteiger partial charge in [-0.3, -0.25) is 9.69 Å². The first-order chi connectivity index (χ1) is 9.56. The third-order valence-electron chi connectivity index (χ3n) is 4.26. The van der Waals surface area contributed by atoms with Crippen molar-refractivity contribution in [1.82, 2.24) is 10.2 Å². The maximum absolute atomic E-state index is 13.2. The second-order valence-corrected chi connectivity index (χ2v) is 5.47. The monoisotopic (exact) mass is 281 g/mol. The largest absolute Gasteiger partial charge is 0.398 e. The Bertz CT molecular complexity index is 549. The third-order valence-corrected chi connectivity index (χ3v) is 4.26. The SMILES string of the molecule is Nc1cc(F)c(F)cc1C(=O)NC1CCN2CCCC12. The Morgan fingerprint density at radius 1 is 1.25 bits per heavy atom. The van der Waals surface area contributed by atoms with Crippen LogP contribution in [0.4, 0.5) is 14.5 Å². The van der Waals surface area contributed by atoms with Gasteiger partial charge in [0.2, 0.25) is 0 Å². The summed E-state index contributed by atoms with van der Waals surface area (Å²) in [5.74, 6) is -2.53. The number of rotatable bonds is 2. The van der Waals surface area contributed by atoms with Crippen LogP contribution in [0.25, 0.3) is 0 Å². The predicted octanol–water partition coefficient (Wildman–Crippen LogP) is 1.51. The fourth-order valence-electron chi connectivity index (χ4n) is 3.26. The van der Waals surface area contributed by atoms with Crippen molar-refractivity contribution in [3.8, 4) is 0 Å². The van der Waals surface area contributed by atoms with E-state index in [0.29, 0.717) is 6.04 Å². The zero-order valence-electron chi connectivity index (χ0n) is 11.0. The second-order valence-electron chi connectivity index (χ2n) is 5.47. The zero-order chi connectivity index (χ0) is 14.3. The molecular weight excluding hydrogens is 264 g/mol. The number of hydrogen-bond donors (Lipinski definition) is 2. The van der Waals surface area contributed by atoms with E-state index in [2.05, 4.69) is 10.2 Å². The number of carbonyl (C=O) groups excluding carboxylic acids is 1. The van der Waals surface area contributed by atoms with Crippen molar-refractivity contribution in [3.63, 3.8) is 0 Å². The van der Waals surface area contributed by atoms with E-state index in [1.807, 2.05) is 0 Å². The molecule has 2 aliphatic heterocycles. The summed E-state index contributed by atoms with van der Waals surface area (Å²) in [6.07, 6.45) is 3.10. The molecule has 2 unspecified atom stereocenters. The lowest BCUT2D eigenvalue weighted by Gasteiger charge is -2.21. The molecule has 108 valence electrons. The van der Waals surface area contributed by atoms with E-state index in [1.165, 1.54) is 0 Å². The summed E-state index contributed by atoms with van der Waals surface area (Å²) in [7, 11) is 0. The normalized spacial score (nSPS) is 25.7. The molecule has 3 N–H and O–H groups in total. The third kappa shape index (κ3) is 2.24. The van der Waals surface area contributed by atoms with Crippen molar-refractivity contribution in [2.24, 2.45) is 0 Å². The van der Waals surface area contributed by atoms with Crippen LogP contribution in [-0.2, 0) is 0 Å². The molecule has 2 aliphatic rings. The molecule has 0 radical (unpaired) electrons. The molecule has 1 amide bonds. The molecule has 1 aromatic carbocycles. The topological polar surface area (TPSA) is 58.4 Å². The van der Waals surface area contributed by atoms with Crippen molar-refractivity contribution in [2.75, 3.05) is 18.8 Å². The van der Waals surface area contributed by atoms with Gasteiger partial charge in [0.05, 0.1) is 5.56 Å². The smallest absolute Gasteiger partial charge is 0.253 e. The van der Waals surface area contributed by atoms with Gasteiger partial charge in [-0.15, -0.1) is 0 Å². The number of nitrogens with one attached hydrogen (secondary N) is 1. The fraction of sp³-hybridized carbons (Fsp3) is 0.500. The van der Waals surface area contributed by atoms with Crippen molar-refractivity contribution >= 4 is 11.6 Å². The Hall–Kier alpha value is -1.69. The van der Waals surface area contributed by atoms with Crippen molar-refractivity contribution < 1.29 is 13.6 Å². The maximum Gasteiger partial charge on any atom is 0.253 e. The zero-order valence-corrected chi connectivity index (χ0v) is 11.0. The summed E-state index contributed by atoms with van der Waals surface area (Å²) in [6.45, 7) is 2.05. The lowest BCUT2D eigenvalue weighted by atomic mass is 10.1. The number of halogens is 2. The number of benzene rings is 1. The molecule has 1 aromatic rings. The van der Waals surface area contributed by atoms with Gasteiger partial charge in [0.15, 0.2) is 11.6 Å². The first kappa shape index (κ1) is 13.3. The van der Waals surface area contributed by atoms with E-state index in [4.69, 9.17) is 5.73 Å². The molecule has 4 nitrogen and oxygen atoms in total. The van der Waals surface area contributed by atoms with Gasteiger partial charge in [-0.05, 0) is 31.9 Å². The molecule has 0 aliphatic carbocycles. The van der Waals surface area contributed by atoms with E-state index in [1.54, 1.807) is 0 Å². The van der Waals surface area contributed by atoms with Crippen LogP contribution < -0.4 is 11.1 Å². The number of amides is 1. The van der Waals surface area contributed by atoms with Gasteiger partial charge >= 0.3 is 0 Å². The Morgan fingerprint density at radius 3 is 2.80 bits per heavy atom. The summed E-state index contributed by atoms with van der Waals surface area (Å²) in [4.78, 5) is 14.5. The molecule has 2 fully saturated rings. The lowest BCUT2D eigenvalue weighted by Crippen LogP contribution is -2.42. The highest BCUT2D eigenvalue weighted by Gasteiger charge is 2.38. The number of fused-ring (bicyclic) bond motifs is 1. The van der Waals surface area contributed by atoms with Gasteiger partial charge in [0.1, 0.15) is 0 Å². The molecule has 0 spiro atoms. The minimum atomic E-state index is -1.06. The van der Waals surface area contributed by atoms with Crippen LogP contribution in [0.15, 0.2) is 12.1 Å². The first-order valence-corrected chi connectivity index (χ1v) is 6.85. The van der Waals surface area contributed by atoms with Crippen molar-refractivity contribution in [2.45, 2.75) is 31.3 Å². The van der Waals surface area contributed by atoms with Crippen LogP contribution in [0, 0.1) is 11.6 Å². The second kappa shape index (κ2) is 5.01. The highest BCUT2D eigenvalue weighted by molar-refractivity contribution is 5.99. The Labute approximate surface area is 115 Å². The van der Waals surface area contributed by atoms with Crippen LogP contribution in [0.5, 0.6) is 0 Å². The number of hydrogen-bond acceptors (Lipinski definition) is 3. The Kier molecular flexibility index (Phi) is 3.33. The van der Waals surface area contributed by atoms with Crippen LogP contribution in [0.1, 0.15) is 29.6 Å². The van der Waals surface area contributed by atoms with Crippen LogP contribution in [0.2, 0.25) is 0 Å². The van der Waals surface area contributed by atoms with Gasteiger partial charge in [0, 0.05) is 30.4 Å². The lowest BCUT2D eigenvalue weighted by molar-refractivity contribution is 0.0930. The van der Waals surface area contributed by atoms with Gasteiger partial charge < -0.3 is 11.1 Å². The van der Waals surface area contributed by atoms with Crippen molar-refractivity contribution in [1.29, 1.82) is 0 Å².